The second-order valence-corrected chi connectivity index (χ2v) is 8.87. The summed E-state index contributed by atoms with van der Waals surface area (Å²) in [5.74, 6) is -3.32. The van der Waals surface area contributed by atoms with Crippen LogP contribution in [0, 0.1) is 0 Å². The Kier molecular flexibility index (Phi) is 14.6. The van der Waals surface area contributed by atoms with Gasteiger partial charge in [0.1, 0.15) is 12.3 Å². The third-order valence-corrected chi connectivity index (χ3v) is 5.78. The number of hydrogen-bond acceptors (Lipinski definition) is 8. The first-order chi connectivity index (χ1) is 19.9. The molecule has 0 saturated carbocycles. The molecule has 3 aromatic carbocycles. The third kappa shape index (κ3) is 12.0. The molecule has 226 valence electrons. The van der Waals surface area contributed by atoms with E-state index in [-0.39, 0.29) is 65.8 Å². The van der Waals surface area contributed by atoms with E-state index in [4.69, 9.17) is 42.5 Å². The highest BCUT2D eigenvalue weighted by Crippen LogP contribution is 2.25. The van der Waals surface area contributed by atoms with Gasteiger partial charge in [-0.05, 0) is 66.1 Å². The number of carbonyl (C=O) groups excluding carboxylic acids is 4. The molecule has 1 amide bonds. The van der Waals surface area contributed by atoms with E-state index >= 15 is 0 Å². The van der Waals surface area contributed by atoms with Crippen LogP contribution in [0.1, 0.15) is 38.3 Å². The maximum Gasteiger partial charge on any atom is 0.373 e. The van der Waals surface area contributed by atoms with Gasteiger partial charge in [-0.3, -0.25) is 9.59 Å². The van der Waals surface area contributed by atoms with Crippen LogP contribution in [-0.4, -0.2) is 57.6 Å². The largest absolute Gasteiger partial charge is 0.480 e. The Balaban J connectivity index is 0.00000221. The lowest BCUT2D eigenvalue weighted by Gasteiger charge is -2.21. The lowest BCUT2D eigenvalue weighted by atomic mass is 10.1. The molecule has 0 atom stereocenters. The number of ether oxygens (including phenoxy) is 1. The fourth-order valence-corrected chi connectivity index (χ4v) is 3.86. The van der Waals surface area contributed by atoms with E-state index in [0.29, 0.717) is 16.8 Å². The molecule has 3 aromatic rings. The smallest absolute Gasteiger partial charge is 0.373 e. The molecule has 15 heteroatoms. The number of rotatable bonds is 11. The van der Waals surface area contributed by atoms with E-state index in [9.17, 15) is 24.3 Å². The molecule has 43 heavy (non-hydrogen) atoms. The van der Waals surface area contributed by atoms with Crippen molar-refractivity contribution in [3.05, 3.63) is 94.0 Å². The summed E-state index contributed by atoms with van der Waals surface area (Å²) >= 11 is 6.35. The molecule has 0 fully saturated rings. The Hall–Kier alpha value is -5.23. The summed E-state index contributed by atoms with van der Waals surface area (Å²) in [6.07, 6.45) is 0.399. The van der Waals surface area contributed by atoms with Gasteiger partial charge in [0.2, 0.25) is 5.91 Å². The number of hydrogen-bond donors (Lipinski definition) is 4. The Bertz CT molecular complexity index is 1520. The maximum absolute atomic E-state index is 12.9. The van der Waals surface area contributed by atoms with Gasteiger partial charge in [0, 0.05) is 18.0 Å². The Morgan fingerprint density at radius 3 is 2.14 bits per heavy atom. The molecular formula is C28H26Cl2N4O9. The summed E-state index contributed by atoms with van der Waals surface area (Å²) in [5.41, 5.74) is 12.5. The van der Waals surface area contributed by atoms with Crippen molar-refractivity contribution in [1.29, 1.82) is 0 Å². The minimum atomic E-state index is -1.20. The van der Waals surface area contributed by atoms with Gasteiger partial charge in [0.15, 0.2) is 5.96 Å². The van der Waals surface area contributed by atoms with Gasteiger partial charge in [0.25, 0.3) is 0 Å². The Morgan fingerprint density at radius 1 is 0.930 bits per heavy atom. The molecule has 0 unspecified atom stereocenters. The predicted molar refractivity (Wildman–Crippen MR) is 155 cm³/mol. The molecule has 6 N–H and O–H groups in total. The monoisotopic (exact) mass is 632 g/mol. The number of guanidine groups is 1. The number of aromatic carboxylic acids is 1. The molecule has 0 heterocycles. The number of nitrogens with zero attached hydrogens (tertiary/aromatic N) is 2. The zero-order chi connectivity index (χ0) is 31.2. The molecule has 13 nitrogen and oxygen atoms in total. The third-order valence-electron chi connectivity index (χ3n) is 5.43. The van der Waals surface area contributed by atoms with Crippen molar-refractivity contribution >= 4 is 65.6 Å². The second-order valence-electron chi connectivity index (χ2n) is 8.46. The zero-order valence-corrected chi connectivity index (χ0v) is 23.8. The van der Waals surface area contributed by atoms with E-state index in [1.54, 1.807) is 24.3 Å². The summed E-state index contributed by atoms with van der Waals surface area (Å²) < 4.78 is 5.37. The highest BCUT2D eigenvalue weighted by atomic mass is 35.5. The van der Waals surface area contributed by atoms with E-state index in [1.165, 1.54) is 42.5 Å². The van der Waals surface area contributed by atoms with Gasteiger partial charge in [-0.1, -0.05) is 29.8 Å². The molecular weight excluding hydrogens is 607 g/mol. The number of carboxylic acids is 2. The summed E-state index contributed by atoms with van der Waals surface area (Å²) in [6.45, 7) is -0.618. The number of amides is 1. The minimum Gasteiger partial charge on any atom is -0.480 e. The number of aliphatic imine (C=N–C) groups is 1. The van der Waals surface area contributed by atoms with E-state index in [2.05, 4.69) is 4.99 Å². The van der Waals surface area contributed by atoms with Gasteiger partial charge in [0.05, 0.1) is 16.8 Å². The van der Waals surface area contributed by atoms with E-state index in [0.717, 1.165) is 4.90 Å². The van der Waals surface area contributed by atoms with Gasteiger partial charge >= 0.3 is 24.1 Å². The Labute approximate surface area is 256 Å². The average Bonchev–Trinajstić information content (AvgIpc) is 2.92. The van der Waals surface area contributed by atoms with Crippen LogP contribution in [0.4, 0.5) is 5.69 Å². The number of nitrogens with two attached hydrogens (primary N) is 2. The number of carboxylic acid groups (broad SMARTS) is 2. The lowest BCUT2D eigenvalue weighted by Crippen LogP contribution is -2.35. The minimum absolute atomic E-state index is 0. The summed E-state index contributed by atoms with van der Waals surface area (Å²) in [6, 6.07) is 16.6. The second kappa shape index (κ2) is 17.6. The lowest BCUT2D eigenvalue weighted by molar-refractivity contribution is -0.191. The van der Waals surface area contributed by atoms with Crippen molar-refractivity contribution < 1.29 is 43.7 Å². The van der Waals surface area contributed by atoms with E-state index in [1.807, 2.05) is 0 Å². The SMILES string of the molecule is Cl.NC(N)=Nc1ccc(C(=O)Oc2ccc(CCC(=O)N(CC(=O)O)Cc3cccc(C(=O)O)c3)c(Cl)c2)cc1.O=C=O. The summed E-state index contributed by atoms with van der Waals surface area (Å²) in [7, 11) is 0. The molecule has 0 aliphatic heterocycles. The Morgan fingerprint density at radius 2 is 1.58 bits per heavy atom. The average molecular weight is 633 g/mol. The molecule has 0 aromatic heterocycles. The number of aliphatic carboxylic acids is 1. The van der Waals surface area contributed by atoms with Crippen molar-refractivity contribution in [2.24, 2.45) is 16.5 Å². The quantitative estimate of drug-likeness (QED) is 0.104. The van der Waals surface area contributed by atoms with E-state index < -0.39 is 30.4 Å². The van der Waals surface area contributed by atoms with Crippen molar-refractivity contribution in [3.63, 3.8) is 0 Å². The van der Waals surface area contributed by atoms with Gasteiger partial charge in [-0.25, -0.2) is 14.6 Å². The zero-order valence-electron chi connectivity index (χ0n) is 22.3. The highest BCUT2D eigenvalue weighted by molar-refractivity contribution is 6.31. The van der Waals surface area contributed by atoms with Crippen LogP contribution in [-0.2, 0) is 32.1 Å². The van der Waals surface area contributed by atoms with Crippen LogP contribution in [0.2, 0.25) is 5.02 Å². The van der Waals surface area contributed by atoms with Crippen molar-refractivity contribution in [3.8, 4) is 5.75 Å². The predicted octanol–water partition coefficient (Wildman–Crippen LogP) is 3.05. The molecule has 0 aliphatic carbocycles. The number of aryl methyl sites for hydroxylation is 1. The molecule has 0 bridgehead atoms. The molecule has 0 radical (unpaired) electrons. The van der Waals surface area contributed by atoms with Crippen LogP contribution < -0.4 is 16.2 Å². The van der Waals surface area contributed by atoms with Crippen molar-refractivity contribution in [2.45, 2.75) is 19.4 Å². The van der Waals surface area contributed by atoms with Crippen molar-refractivity contribution in [2.75, 3.05) is 6.54 Å². The number of carbonyl (C=O) groups is 4. The summed E-state index contributed by atoms with van der Waals surface area (Å²) in [5, 5.41) is 18.7. The van der Waals surface area contributed by atoms with Crippen molar-refractivity contribution in [1.82, 2.24) is 4.90 Å². The normalized spacial score (nSPS) is 9.60. The first-order valence-corrected chi connectivity index (χ1v) is 12.3. The first kappa shape index (κ1) is 35.8. The van der Waals surface area contributed by atoms with Gasteiger partial charge in [-0.2, -0.15) is 9.59 Å². The molecule has 0 spiro atoms. The topological polar surface area (TPSA) is 220 Å². The fourth-order valence-electron chi connectivity index (χ4n) is 3.60. The first-order valence-electron chi connectivity index (χ1n) is 11.9. The number of halogens is 2. The van der Waals surface area contributed by atoms with Gasteiger partial charge < -0.3 is 31.3 Å². The number of esters is 1. The van der Waals surface area contributed by atoms with Crippen LogP contribution >= 0.6 is 24.0 Å². The van der Waals surface area contributed by atoms with Crippen LogP contribution in [0.5, 0.6) is 5.75 Å². The van der Waals surface area contributed by atoms with Gasteiger partial charge in [-0.15, -0.1) is 12.4 Å². The van der Waals surface area contributed by atoms with Crippen LogP contribution in [0.15, 0.2) is 71.7 Å². The standard InChI is InChI=1S/C27H25ClN4O7.CO2.ClH/c28-22-13-21(39-26(38)18-4-8-20(9-5-18)31-27(29)30)10-6-17(22)7-11-23(33)32(15-24(34)35)14-16-2-1-3-19(12-16)25(36)37;2-1-3;/h1-6,8-10,12-13H,7,11,14-15H2,(H,34,35)(H,36,37)(H4,29,30,31);;1H. The van der Waals surface area contributed by atoms with Crippen LogP contribution in [0.3, 0.4) is 0 Å². The molecule has 3 rings (SSSR count). The number of benzene rings is 3. The van der Waals surface area contributed by atoms with Crippen LogP contribution in [0.25, 0.3) is 0 Å². The summed E-state index contributed by atoms with van der Waals surface area (Å²) in [4.78, 5) is 69.1. The highest BCUT2D eigenvalue weighted by Gasteiger charge is 2.19. The maximum atomic E-state index is 12.9. The molecule has 0 aliphatic rings. The molecule has 0 saturated heterocycles. The fraction of sp³-hybridized carbons (Fsp3) is 0.143.